The van der Waals surface area contributed by atoms with E-state index in [1.54, 1.807) is 31.2 Å². The molecular weight excluding hydrogens is 297 g/mol. The number of rotatable bonds is 4. The standard InChI is InChI=1S/C15H16FNO3.ClH/c1-2-20-15(19)13(16)14(17)11-7-8-12(18)10-6-4-3-5-9(10)11;/h3-8,13-14,18H,2,17H2,1H3;1H/t13?,14-;/m0./s1. The zero-order valence-corrected chi connectivity index (χ0v) is 12.3. The molecule has 2 rings (SSSR count). The van der Waals surface area contributed by atoms with Crippen molar-refractivity contribution in [1.82, 2.24) is 0 Å². The number of alkyl halides is 1. The van der Waals surface area contributed by atoms with Crippen molar-refractivity contribution < 1.29 is 19.0 Å². The molecule has 0 aliphatic carbocycles. The Hall–Kier alpha value is -1.85. The summed E-state index contributed by atoms with van der Waals surface area (Å²) in [4.78, 5) is 11.4. The fourth-order valence-electron chi connectivity index (χ4n) is 2.12. The predicted molar refractivity (Wildman–Crippen MR) is 81.3 cm³/mol. The molecule has 0 aliphatic heterocycles. The predicted octanol–water partition coefficient (Wildman–Crippen LogP) is 2.87. The Kier molecular flexibility index (Phi) is 5.93. The molecule has 6 heteroatoms. The smallest absolute Gasteiger partial charge is 0.342 e. The van der Waals surface area contributed by atoms with Crippen LogP contribution in [0.15, 0.2) is 36.4 Å². The van der Waals surface area contributed by atoms with Crippen molar-refractivity contribution in [2.45, 2.75) is 19.1 Å². The number of esters is 1. The average Bonchev–Trinajstić information content (AvgIpc) is 2.47. The van der Waals surface area contributed by atoms with Crippen LogP contribution < -0.4 is 5.73 Å². The van der Waals surface area contributed by atoms with Crippen LogP contribution in [0.3, 0.4) is 0 Å². The Balaban J connectivity index is 0.00000220. The van der Waals surface area contributed by atoms with Gasteiger partial charge in [-0.1, -0.05) is 30.3 Å². The second kappa shape index (κ2) is 7.24. The topological polar surface area (TPSA) is 72.5 Å². The van der Waals surface area contributed by atoms with Crippen LogP contribution in [0.1, 0.15) is 18.5 Å². The molecule has 4 nitrogen and oxygen atoms in total. The molecule has 0 bridgehead atoms. The molecule has 0 saturated carbocycles. The van der Waals surface area contributed by atoms with Crippen LogP contribution in [0.4, 0.5) is 4.39 Å². The van der Waals surface area contributed by atoms with Crippen molar-refractivity contribution in [2.24, 2.45) is 5.73 Å². The quantitative estimate of drug-likeness (QED) is 0.851. The largest absolute Gasteiger partial charge is 0.507 e. The number of ether oxygens (including phenoxy) is 1. The molecule has 2 atom stereocenters. The van der Waals surface area contributed by atoms with Crippen LogP contribution >= 0.6 is 12.4 Å². The van der Waals surface area contributed by atoms with Crippen LogP contribution in [0.25, 0.3) is 10.8 Å². The molecule has 1 unspecified atom stereocenters. The van der Waals surface area contributed by atoms with Crippen molar-refractivity contribution in [3.05, 3.63) is 42.0 Å². The second-order valence-corrected chi connectivity index (χ2v) is 4.40. The molecule has 0 aromatic heterocycles. The van der Waals surface area contributed by atoms with Gasteiger partial charge in [-0.25, -0.2) is 9.18 Å². The lowest BCUT2D eigenvalue weighted by Crippen LogP contribution is -2.31. The van der Waals surface area contributed by atoms with E-state index in [9.17, 15) is 14.3 Å². The number of aromatic hydroxyl groups is 1. The number of halogens is 2. The van der Waals surface area contributed by atoms with E-state index in [1.807, 2.05) is 0 Å². The first-order chi connectivity index (χ1) is 9.56. The van der Waals surface area contributed by atoms with E-state index in [4.69, 9.17) is 5.73 Å². The SMILES string of the molecule is CCOC(=O)C(F)[C@@H](N)c1ccc(O)c2ccccc12.Cl. The number of phenolic OH excluding ortho intramolecular Hbond substituents is 1. The van der Waals surface area contributed by atoms with Crippen molar-refractivity contribution in [2.75, 3.05) is 6.61 Å². The van der Waals surface area contributed by atoms with Crippen LogP contribution in [0.2, 0.25) is 0 Å². The van der Waals surface area contributed by atoms with Gasteiger partial charge in [0.15, 0.2) is 0 Å². The Bertz CT molecular complexity index is 635. The number of phenols is 1. The third-order valence-corrected chi connectivity index (χ3v) is 3.12. The third kappa shape index (κ3) is 3.43. The lowest BCUT2D eigenvalue weighted by molar-refractivity contribution is -0.149. The van der Waals surface area contributed by atoms with E-state index >= 15 is 0 Å². The number of carbonyl (C=O) groups is 1. The van der Waals surface area contributed by atoms with Gasteiger partial charge in [0.05, 0.1) is 12.6 Å². The first-order valence-corrected chi connectivity index (χ1v) is 6.33. The van der Waals surface area contributed by atoms with Gasteiger partial charge in [-0.05, 0) is 23.9 Å². The zero-order chi connectivity index (χ0) is 14.7. The van der Waals surface area contributed by atoms with E-state index in [-0.39, 0.29) is 24.8 Å². The number of carbonyl (C=O) groups excluding carboxylic acids is 1. The molecule has 0 fully saturated rings. The fourth-order valence-corrected chi connectivity index (χ4v) is 2.12. The summed E-state index contributed by atoms with van der Waals surface area (Å²) in [6.45, 7) is 1.70. The van der Waals surface area contributed by atoms with Gasteiger partial charge in [0, 0.05) is 5.39 Å². The molecule has 0 heterocycles. The van der Waals surface area contributed by atoms with Crippen LogP contribution in [-0.2, 0) is 9.53 Å². The molecular formula is C15H17ClFNO3. The Morgan fingerprint density at radius 3 is 2.52 bits per heavy atom. The van der Waals surface area contributed by atoms with Crippen LogP contribution in [0, 0.1) is 0 Å². The Morgan fingerprint density at radius 2 is 1.90 bits per heavy atom. The van der Waals surface area contributed by atoms with Gasteiger partial charge in [0.2, 0.25) is 6.17 Å². The fraction of sp³-hybridized carbons (Fsp3) is 0.267. The minimum Gasteiger partial charge on any atom is -0.507 e. The first-order valence-electron chi connectivity index (χ1n) is 6.33. The van der Waals surface area contributed by atoms with Gasteiger partial charge in [-0.2, -0.15) is 0 Å². The van der Waals surface area contributed by atoms with Crippen molar-refractivity contribution >= 4 is 29.1 Å². The lowest BCUT2D eigenvalue weighted by Gasteiger charge is -2.18. The monoisotopic (exact) mass is 313 g/mol. The molecule has 0 amide bonds. The van der Waals surface area contributed by atoms with E-state index < -0.39 is 18.2 Å². The van der Waals surface area contributed by atoms with Gasteiger partial charge in [-0.15, -0.1) is 12.4 Å². The average molecular weight is 314 g/mol. The van der Waals surface area contributed by atoms with Gasteiger partial charge >= 0.3 is 5.97 Å². The number of benzene rings is 2. The highest BCUT2D eigenvalue weighted by Crippen LogP contribution is 2.31. The van der Waals surface area contributed by atoms with Gasteiger partial charge in [0.25, 0.3) is 0 Å². The lowest BCUT2D eigenvalue weighted by atomic mass is 9.96. The highest BCUT2D eigenvalue weighted by molar-refractivity contribution is 5.91. The summed E-state index contributed by atoms with van der Waals surface area (Å²) in [6, 6.07) is 8.77. The summed E-state index contributed by atoms with van der Waals surface area (Å²) in [5, 5.41) is 11.0. The second-order valence-electron chi connectivity index (χ2n) is 4.40. The van der Waals surface area contributed by atoms with Gasteiger partial charge < -0.3 is 15.6 Å². The van der Waals surface area contributed by atoms with Crippen LogP contribution in [-0.4, -0.2) is 23.9 Å². The molecule has 2 aromatic rings. The normalized spacial score (nSPS) is 13.3. The number of nitrogens with two attached hydrogens (primary N) is 1. The molecule has 0 saturated heterocycles. The summed E-state index contributed by atoms with van der Waals surface area (Å²) < 4.78 is 18.7. The Morgan fingerprint density at radius 1 is 1.29 bits per heavy atom. The summed E-state index contributed by atoms with van der Waals surface area (Å²) in [5.74, 6) is -0.889. The van der Waals surface area contributed by atoms with Gasteiger partial charge in [-0.3, -0.25) is 0 Å². The summed E-state index contributed by atoms with van der Waals surface area (Å²) in [7, 11) is 0. The molecule has 0 spiro atoms. The summed E-state index contributed by atoms with van der Waals surface area (Å²) in [5.41, 5.74) is 6.29. The molecule has 21 heavy (non-hydrogen) atoms. The molecule has 0 aliphatic rings. The van der Waals surface area contributed by atoms with E-state index in [0.717, 1.165) is 0 Å². The van der Waals surface area contributed by atoms with Crippen molar-refractivity contribution in [1.29, 1.82) is 0 Å². The molecule has 114 valence electrons. The molecule has 2 aromatic carbocycles. The molecule has 3 N–H and O–H groups in total. The van der Waals surface area contributed by atoms with Crippen molar-refractivity contribution in [3.63, 3.8) is 0 Å². The zero-order valence-electron chi connectivity index (χ0n) is 11.5. The number of hydrogen-bond donors (Lipinski definition) is 2. The maximum absolute atomic E-state index is 14.0. The van der Waals surface area contributed by atoms with E-state index in [0.29, 0.717) is 16.3 Å². The summed E-state index contributed by atoms with van der Waals surface area (Å²) >= 11 is 0. The summed E-state index contributed by atoms with van der Waals surface area (Å²) in [6.07, 6.45) is -1.94. The van der Waals surface area contributed by atoms with Crippen LogP contribution in [0.5, 0.6) is 5.75 Å². The van der Waals surface area contributed by atoms with Gasteiger partial charge in [0.1, 0.15) is 5.75 Å². The minimum atomic E-state index is -1.94. The van der Waals surface area contributed by atoms with E-state index in [2.05, 4.69) is 4.74 Å². The molecule has 0 radical (unpaired) electrons. The minimum absolute atomic E-state index is 0. The number of fused-ring (bicyclic) bond motifs is 1. The van der Waals surface area contributed by atoms with Crippen molar-refractivity contribution in [3.8, 4) is 5.75 Å². The Labute approximate surface area is 128 Å². The maximum Gasteiger partial charge on any atom is 0.342 e. The maximum atomic E-state index is 14.0. The number of hydrogen-bond acceptors (Lipinski definition) is 4. The first kappa shape index (κ1) is 17.2. The highest BCUT2D eigenvalue weighted by atomic mass is 35.5. The highest BCUT2D eigenvalue weighted by Gasteiger charge is 2.29. The third-order valence-electron chi connectivity index (χ3n) is 3.12. The van der Waals surface area contributed by atoms with E-state index in [1.165, 1.54) is 12.1 Å².